The molecule has 0 saturated heterocycles. The van der Waals surface area contributed by atoms with Crippen molar-refractivity contribution in [3.63, 3.8) is 0 Å². The van der Waals surface area contributed by atoms with Gasteiger partial charge in [0.05, 0.1) is 5.56 Å². The summed E-state index contributed by atoms with van der Waals surface area (Å²) >= 11 is 0. The summed E-state index contributed by atoms with van der Waals surface area (Å²) in [7, 11) is 0. The van der Waals surface area contributed by atoms with E-state index in [0.29, 0.717) is 0 Å². The van der Waals surface area contributed by atoms with Crippen molar-refractivity contribution in [2.45, 2.75) is 58.0 Å². The topological polar surface area (TPSA) is 12.0 Å². The minimum absolute atomic E-state index is 0.598. The lowest BCUT2D eigenvalue weighted by molar-refractivity contribution is -0.137. The van der Waals surface area contributed by atoms with Crippen LogP contribution in [0.1, 0.15) is 57.4 Å². The molecule has 0 aliphatic rings. The molecule has 0 atom stereocenters. The molecule has 0 spiro atoms. The minimum Gasteiger partial charge on any atom is -0.385 e. The van der Waals surface area contributed by atoms with Crippen molar-refractivity contribution >= 4 is 5.69 Å². The third kappa shape index (κ3) is 6.83. The van der Waals surface area contributed by atoms with Gasteiger partial charge in [0.1, 0.15) is 0 Å². The van der Waals surface area contributed by atoms with Crippen LogP contribution in [0.3, 0.4) is 0 Å². The molecule has 0 aromatic heterocycles. The number of halogens is 3. The normalized spacial score (nSPS) is 11.6. The summed E-state index contributed by atoms with van der Waals surface area (Å²) in [5.74, 6) is 0. The third-order valence-electron chi connectivity index (χ3n) is 3.32. The Morgan fingerprint density at radius 3 is 1.95 bits per heavy atom. The summed E-state index contributed by atoms with van der Waals surface area (Å²) in [6.07, 6.45) is 4.40. The van der Waals surface area contributed by atoms with Gasteiger partial charge in [-0.2, -0.15) is 13.2 Å². The highest BCUT2D eigenvalue weighted by molar-refractivity contribution is 5.44. The van der Waals surface area contributed by atoms with Crippen LogP contribution >= 0.6 is 0 Å². The zero-order valence-electron chi connectivity index (χ0n) is 12.1. The first-order chi connectivity index (χ1) is 9.54. The zero-order valence-corrected chi connectivity index (χ0v) is 12.1. The van der Waals surface area contributed by atoms with Crippen molar-refractivity contribution in [1.29, 1.82) is 0 Å². The average molecular weight is 287 g/mol. The minimum atomic E-state index is -4.25. The molecule has 0 fully saturated rings. The molecule has 1 aromatic carbocycles. The van der Waals surface area contributed by atoms with Gasteiger partial charge in [0.2, 0.25) is 0 Å². The zero-order chi connectivity index (χ0) is 14.8. The molecule has 1 N–H and O–H groups in total. The van der Waals surface area contributed by atoms with Crippen LogP contribution in [-0.2, 0) is 6.18 Å². The average Bonchev–Trinajstić information content (AvgIpc) is 2.41. The molecular weight excluding hydrogens is 263 g/mol. The molecule has 0 amide bonds. The van der Waals surface area contributed by atoms with E-state index in [1.165, 1.54) is 50.7 Å². The van der Waals surface area contributed by atoms with Crippen molar-refractivity contribution in [1.82, 2.24) is 0 Å². The lowest BCUT2D eigenvalue weighted by Gasteiger charge is -2.09. The predicted molar refractivity (Wildman–Crippen MR) is 77.9 cm³/mol. The summed E-state index contributed by atoms with van der Waals surface area (Å²) < 4.78 is 37.1. The van der Waals surface area contributed by atoms with Crippen LogP contribution in [0.25, 0.3) is 0 Å². The van der Waals surface area contributed by atoms with Gasteiger partial charge < -0.3 is 5.32 Å². The summed E-state index contributed by atoms with van der Waals surface area (Å²) in [6, 6.07) is 5.22. The molecule has 0 unspecified atom stereocenters. The summed E-state index contributed by atoms with van der Waals surface area (Å²) in [4.78, 5) is 0. The van der Waals surface area contributed by atoms with E-state index in [2.05, 4.69) is 12.2 Å². The fraction of sp³-hybridized carbons (Fsp3) is 0.625. The van der Waals surface area contributed by atoms with Gasteiger partial charge in [0.15, 0.2) is 0 Å². The van der Waals surface area contributed by atoms with E-state index in [-0.39, 0.29) is 0 Å². The Hall–Kier alpha value is -1.19. The first-order valence-electron chi connectivity index (χ1n) is 7.45. The van der Waals surface area contributed by atoms with Crippen molar-refractivity contribution in [2.24, 2.45) is 0 Å². The van der Waals surface area contributed by atoms with Crippen molar-refractivity contribution < 1.29 is 13.2 Å². The highest BCUT2D eigenvalue weighted by Crippen LogP contribution is 2.29. The van der Waals surface area contributed by atoms with Crippen LogP contribution in [-0.4, -0.2) is 6.54 Å². The Morgan fingerprint density at radius 1 is 0.850 bits per heavy atom. The van der Waals surface area contributed by atoms with Gasteiger partial charge in [-0.15, -0.1) is 0 Å². The molecule has 0 radical (unpaired) electrons. The van der Waals surface area contributed by atoms with E-state index in [1.54, 1.807) is 0 Å². The number of unbranched alkanes of at least 4 members (excludes halogenated alkanes) is 6. The molecule has 0 heterocycles. The molecule has 0 bridgehead atoms. The standard InChI is InChI=1S/C16H24F3N/c1-2-3-4-5-6-7-8-13-20-15-11-9-14(10-12-15)16(17,18)19/h9-12,20H,2-8,13H2,1H3. The fourth-order valence-corrected chi connectivity index (χ4v) is 2.09. The largest absolute Gasteiger partial charge is 0.416 e. The van der Waals surface area contributed by atoms with Crippen LogP contribution in [0, 0.1) is 0 Å². The number of anilines is 1. The van der Waals surface area contributed by atoms with E-state index >= 15 is 0 Å². The first-order valence-corrected chi connectivity index (χ1v) is 7.45. The first kappa shape index (κ1) is 16.9. The van der Waals surface area contributed by atoms with Crippen LogP contribution < -0.4 is 5.32 Å². The van der Waals surface area contributed by atoms with E-state index < -0.39 is 11.7 Å². The van der Waals surface area contributed by atoms with Crippen LogP contribution in [0.15, 0.2) is 24.3 Å². The fourth-order valence-electron chi connectivity index (χ4n) is 2.09. The Balaban J connectivity index is 2.13. The number of alkyl halides is 3. The number of benzene rings is 1. The lowest BCUT2D eigenvalue weighted by atomic mass is 10.1. The van der Waals surface area contributed by atoms with Crippen LogP contribution in [0.4, 0.5) is 18.9 Å². The predicted octanol–water partition coefficient (Wildman–Crippen LogP) is 5.87. The second-order valence-electron chi connectivity index (χ2n) is 5.12. The monoisotopic (exact) mass is 287 g/mol. The lowest BCUT2D eigenvalue weighted by Crippen LogP contribution is -2.05. The quantitative estimate of drug-likeness (QED) is 0.560. The molecule has 4 heteroatoms. The molecule has 0 saturated carbocycles. The highest BCUT2D eigenvalue weighted by atomic mass is 19.4. The SMILES string of the molecule is CCCCCCCCCNc1ccc(C(F)(F)F)cc1. The van der Waals surface area contributed by atoms with Gasteiger partial charge in [-0.05, 0) is 30.7 Å². The molecule has 1 rings (SSSR count). The molecule has 0 aliphatic carbocycles. The van der Waals surface area contributed by atoms with E-state index in [1.807, 2.05) is 0 Å². The smallest absolute Gasteiger partial charge is 0.385 e. The molecule has 0 aliphatic heterocycles. The van der Waals surface area contributed by atoms with Gasteiger partial charge in [0.25, 0.3) is 0 Å². The highest BCUT2D eigenvalue weighted by Gasteiger charge is 2.29. The number of hydrogen-bond donors (Lipinski definition) is 1. The summed E-state index contributed by atoms with van der Waals surface area (Å²) in [5, 5.41) is 3.16. The van der Waals surface area contributed by atoms with Crippen molar-refractivity contribution in [2.75, 3.05) is 11.9 Å². The Bertz CT molecular complexity index is 357. The maximum atomic E-state index is 12.4. The molecule has 20 heavy (non-hydrogen) atoms. The Morgan fingerprint density at radius 2 is 1.40 bits per heavy atom. The molecular formula is C16H24F3N. The maximum Gasteiger partial charge on any atom is 0.416 e. The maximum absolute atomic E-state index is 12.4. The molecule has 1 aromatic rings. The van der Waals surface area contributed by atoms with Gasteiger partial charge in [-0.25, -0.2) is 0 Å². The second kappa shape index (κ2) is 8.88. The van der Waals surface area contributed by atoms with Gasteiger partial charge in [-0.1, -0.05) is 45.4 Å². The van der Waals surface area contributed by atoms with Gasteiger partial charge in [-0.3, -0.25) is 0 Å². The third-order valence-corrected chi connectivity index (χ3v) is 3.32. The number of nitrogens with one attached hydrogen (secondary N) is 1. The van der Waals surface area contributed by atoms with E-state index in [9.17, 15) is 13.2 Å². The van der Waals surface area contributed by atoms with Crippen molar-refractivity contribution in [3.05, 3.63) is 29.8 Å². The number of rotatable bonds is 9. The van der Waals surface area contributed by atoms with Crippen LogP contribution in [0.5, 0.6) is 0 Å². The van der Waals surface area contributed by atoms with E-state index in [0.717, 1.165) is 30.8 Å². The molecule has 1 nitrogen and oxygen atoms in total. The van der Waals surface area contributed by atoms with Gasteiger partial charge in [0, 0.05) is 12.2 Å². The molecule has 114 valence electrons. The second-order valence-corrected chi connectivity index (χ2v) is 5.12. The van der Waals surface area contributed by atoms with E-state index in [4.69, 9.17) is 0 Å². The van der Waals surface area contributed by atoms with Crippen molar-refractivity contribution in [3.8, 4) is 0 Å². The number of hydrogen-bond acceptors (Lipinski definition) is 1. The Labute approximate surface area is 119 Å². The van der Waals surface area contributed by atoms with Crippen LogP contribution in [0.2, 0.25) is 0 Å². The Kier molecular flexibility index (Phi) is 7.48. The van der Waals surface area contributed by atoms with Gasteiger partial charge >= 0.3 is 6.18 Å². The summed E-state index contributed by atoms with van der Waals surface area (Å²) in [6.45, 7) is 3.02. The summed E-state index contributed by atoms with van der Waals surface area (Å²) in [5.41, 5.74) is 0.156.